The van der Waals surface area contributed by atoms with E-state index < -0.39 is 0 Å². The van der Waals surface area contributed by atoms with Crippen molar-refractivity contribution >= 4 is 0 Å². The Bertz CT molecular complexity index is 161. The molecular weight excluding hydrogens is 176 g/mol. The summed E-state index contributed by atoms with van der Waals surface area (Å²) in [6.07, 6.45) is 0. The SMILES string of the molecule is COCCN(C(C)C)C1CNCC1C. The van der Waals surface area contributed by atoms with Crippen LogP contribution >= 0.6 is 0 Å². The zero-order valence-corrected chi connectivity index (χ0v) is 9.92. The third-order valence-electron chi connectivity index (χ3n) is 3.12. The van der Waals surface area contributed by atoms with E-state index in [1.54, 1.807) is 7.11 Å². The summed E-state index contributed by atoms with van der Waals surface area (Å²) in [5.74, 6) is 0.759. The maximum Gasteiger partial charge on any atom is 0.0589 e. The highest BCUT2D eigenvalue weighted by Crippen LogP contribution is 2.17. The summed E-state index contributed by atoms with van der Waals surface area (Å²) in [7, 11) is 1.77. The van der Waals surface area contributed by atoms with Gasteiger partial charge in [-0.25, -0.2) is 0 Å². The smallest absolute Gasteiger partial charge is 0.0589 e. The van der Waals surface area contributed by atoms with Crippen molar-refractivity contribution < 1.29 is 4.74 Å². The van der Waals surface area contributed by atoms with Crippen LogP contribution in [0.1, 0.15) is 20.8 Å². The number of nitrogens with one attached hydrogen (secondary N) is 1. The van der Waals surface area contributed by atoms with Crippen LogP contribution in [0.5, 0.6) is 0 Å². The van der Waals surface area contributed by atoms with Gasteiger partial charge < -0.3 is 10.1 Å². The summed E-state index contributed by atoms with van der Waals surface area (Å²) in [6.45, 7) is 11.0. The van der Waals surface area contributed by atoms with Gasteiger partial charge in [-0.3, -0.25) is 4.90 Å². The first-order valence-electron chi connectivity index (χ1n) is 5.62. The summed E-state index contributed by atoms with van der Waals surface area (Å²) in [5.41, 5.74) is 0. The molecule has 84 valence electrons. The van der Waals surface area contributed by atoms with Crippen molar-refractivity contribution in [1.82, 2.24) is 10.2 Å². The van der Waals surface area contributed by atoms with Gasteiger partial charge in [0.1, 0.15) is 0 Å². The van der Waals surface area contributed by atoms with Gasteiger partial charge in [-0.2, -0.15) is 0 Å². The first-order valence-corrected chi connectivity index (χ1v) is 5.62. The highest BCUT2D eigenvalue weighted by atomic mass is 16.5. The largest absolute Gasteiger partial charge is 0.383 e. The van der Waals surface area contributed by atoms with Gasteiger partial charge in [-0.15, -0.1) is 0 Å². The van der Waals surface area contributed by atoms with Crippen LogP contribution in [-0.2, 0) is 4.74 Å². The van der Waals surface area contributed by atoms with E-state index in [1.807, 2.05) is 0 Å². The molecule has 1 heterocycles. The molecule has 0 spiro atoms. The van der Waals surface area contributed by atoms with Gasteiger partial charge >= 0.3 is 0 Å². The maximum atomic E-state index is 5.16. The Balaban J connectivity index is 2.48. The highest BCUT2D eigenvalue weighted by Gasteiger charge is 2.29. The Morgan fingerprint density at radius 3 is 2.57 bits per heavy atom. The second kappa shape index (κ2) is 5.69. The Hall–Kier alpha value is -0.120. The lowest BCUT2D eigenvalue weighted by atomic mass is 10.0. The first-order chi connectivity index (χ1) is 6.66. The van der Waals surface area contributed by atoms with E-state index in [2.05, 4.69) is 31.0 Å². The summed E-state index contributed by atoms with van der Waals surface area (Å²) in [5, 5.41) is 3.45. The molecule has 1 aliphatic rings. The van der Waals surface area contributed by atoms with Gasteiger partial charge in [0.05, 0.1) is 6.61 Å². The molecule has 0 aromatic rings. The van der Waals surface area contributed by atoms with Gasteiger partial charge in [0.2, 0.25) is 0 Å². The maximum absolute atomic E-state index is 5.16. The van der Waals surface area contributed by atoms with Crippen molar-refractivity contribution in [1.29, 1.82) is 0 Å². The minimum absolute atomic E-state index is 0.609. The molecule has 0 amide bonds. The van der Waals surface area contributed by atoms with Gasteiger partial charge in [0, 0.05) is 32.3 Å². The average Bonchev–Trinajstić information content (AvgIpc) is 2.52. The topological polar surface area (TPSA) is 24.5 Å². The fourth-order valence-electron chi connectivity index (χ4n) is 2.24. The van der Waals surface area contributed by atoms with Crippen molar-refractivity contribution in [3.63, 3.8) is 0 Å². The minimum atomic E-state index is 0.609. The zero-order chi connectivity index (χ0) is 10.6. The van der Waals surface area contributed by atoms with E-state index in [1.165, 1.54) is 0 Å². The van der Waals surface area contributed by atoms with Gasteiger partial charge in [-0.1, -0.05) is 6.92 Å². The number of ether oxygens (including phenoxy) is 1. The molecule has 1 fully saturated rings. The molecule has 0 radical (unpaired) electrons. The lowest BCUT2D eigenvalue weighted by molar-refractivity contribution is 0.0882. The lowest BCUT2D eigenvalue weighted by Gasteiger charge is -2.34. The molecule has 2 unspecified atom stereocenters. The molecular formula is C11H24N2O. The van der Waals surface area contributed by atoms with Crippen LogP contribution < -0.4 is 5.32 Å². The Morgan fingerprint density at radius 2 is 2.14 bits per heavy atom. The minimum Gasteiger partial charge on any atom is -0.383 e. The van der Waals surface area contributed by atoms with Crippen molar-refractivity contribution in [2.45, 2.75) is 32.9 Å². The van der Waals surface area contributed by atoms with Crippen LogP contribution in [0.2, 0.25) is 0 Å². The van der Waals surface area contributed by atoms with E-state index in [9.17, 15) is 0 Å². The number of hydrogen-bond donors (Lipinski definition) is 1. The molecule has 0 aliphatic carbocycles. The first kappa shape index (κ1) is 12.0. The molecule has 0 saturated carbocycles. The van der Waals surface area contributed by atoms with Crippen molar-refractivity contribution in [3.05, 3.63) is 0 Å². The van der Waals surface area contributed by atoms with E-state index in [0.29, 0.717) is 12.1 Å². The van der Waals surface area contributed by atoms with Crippen LogP contribution in [-0.4, -0.2) is 50.3 Å². The van der Waals surface area contributed by atoms with Crippen LogP contribution in [0.15, 0.2) is 0 Å². The quantitative estimate of drug-likeness (QED) is 0.715. The molecule has 0 aromatic heterocycles. The lowest BCUT2D eigenvalue weighted by Crippen LogP contribution is -2.46. The molecule has 1 rings (SSSR count). The highest BCUT2D eigenvalue weighted by molar-refractivity contribution is 4.87. The van der Waals surface area contributed by atoms with Crippen molar-refractivity contribution in [3.8, 4) is 0 Å². The van der Waals surface area contributed by atoms with Crippen molar-refractivity contribution in [2.24, 2.45) is 5.92 Å². The average molecular weight is 200 g/mol. The molecule has 3 heteroatoms. The van der Waals surface area contributed by atoms with Gasteiger partial charge in [0.15, 0.2) is 0 Å². The summed E-state index contributed by atoms with van der Waals surface area (Å²) < 4.78 is 5.16. The Kier molecular flexibility index (Phi) is 4.85. The molecule has 1 aliphatic heterocycles. The molecule has 2 atom stereocenters. The molecule has 0 aromatic carbocycles. The predicted octanol–water partition coefficient (Wildman–Crippen LogP) is 0.951. The van der Waals surface area contributed by atoms with Crippen LogP contribution in [0, 0.1) is 5.92 Å². The number of rotatable bonds is 5. The molecule has 0 bridgehead atoms. The van der Waals surface area contributed by atoms with E-state index >= 15 is 0 Å². The normalized spacial score (nSPS) is 27.9. The fraction of sp³-hybridized carbons (Fsp3) is 1.00. The fourth-order valence-corrected chi connectivity index (χ4v) is 2.24. The summed E-state index contributed by atoms with van der Waals surface area (Å²) in [6, 6.07) is 1.29. The van der Waals surface area contributed by atoms with E-state index in [0.717, 1.165) is 32.2 Å². The molecule has 14 heavy (non-hydrogen) atoms. The van der Waals surface area contributed by atoms with E-state index in [-0.39, 0.29) is 0 Å². The third kappa shape index (κ3) is 2.94. The van der Waals surface area contributed by atoms with Crippen molar-refractivity contribution in [2.75, 3.05) is 33.4 Å². The predicted molar refractivity (Wildman–Crippen MR) is 59.5 cm³/mol. The second-order valence-corrected chi connectivity index (χ2v) is 4.53. The number of hydrogen-bond acceptors (Lipinski definition) is 3. The summed E-state index contributed by atoms with van der Waals surface area (Å²) >= 11 is 0. The van der Waals surface area contributed by atoms with E-state index in [4.69, 9.17) is 4.74 Å². The van der Waals surface area contributed by atoms with Gasteiger partial charge in [0.25, 0.3) is 0 Å². The molecule has 3 nitrogen and oxygen atoms in total. The zero-order valence-electron chi connectivity index (χ0n) is 9.92. The standard InChI is InChI=1S/C11H24N2O/c1-9(2)13(5-6-14-4)11-8-12-7-10(11)3/h9-12H,5-8H2,1-4H3. The number of nitrogens with zero attached hydrogens (tertiary/aromatic N) is 1. The Labute approximate surface area is 87.8 Å². The Morgan fingerprint density at radius 1 is 1.43 bits per heavy atom. The number of methoxy groups -OCH3 is 1. The van der Waals surface area contributed by atoms with Crippen LogP contribution in [0.3, 0.4) is 0 Å². The third-order valence-corrected chi connectivity index (χ3v) is 3.12. The second-order valence-electron chi connectivity index (χ2n) is 4.53. The molecule has 1 saturated heterocycles. The van der Waals surface area contributed by atoms with Crippen LogP contribution in [0.4, 0.5) is 0 Å². The van der Waals surface area contributed by atoms with Gasteiger partial charge in [-0.05, 0) is 26.3 Å². The monoisotopic (exact) mass is 200 g/mol. The summed E-state index contributed by atoms with van der Waals surface area (Å²) in [4.78, 5) is 2.55. The van der Waals surface area contributed by atoms with Crippen LogP contribution in [0.25, 0.3) is 0 Å². The molecule has 1 N–H and O–H groups in total.